The average molecular weight is 246 g/mol. The topological polar surface area (TPSA) is 27.0 Å². The van der Waals surface area contributed by atoms with E-state index in [-0.39, 0.29) is 11.4 Å². The molecule has 0 heterocycles. The number of hydrogen-bond acceptors (Lipinski definition) is 2. The molecule has 1 aromatic carbocycles. The van der Waals surface area contributed by atoms with Crippen molar-refractivity contribution in [3.63, 3.8) is 0 Å². The van der Waals surface area contributed by atoms with Crippen molar-refractivity contribution in [1.82, 2.24) is 4.90 Å². The molecular weight excluding hydrogens is 227 g/mol. The summed E-state index contributed by atoms with van der Waals surface area (Å²) in [6.45, 7) is 5.90. The van der Waals surface area contributed by atoms with Gasteiger partial charge in [-0.15, -0.1) is 0 Å². The molecule has 0 aromatic heterocycles. The zero-order valence-corrected chi connectivity index (χ0v) is 11.0. The number of rotatable bonds is 5. The summed E-state index contributed by atoms with van der Waals surface area (Å²) in [4.78, 5) is 2.29. The maximum atomic E-state index is 14.0. The van der Waals surface area contributed by atoms with E-state index in [2.05, 4.69) is 18.7 Å². The highest BCUT2D eigenvalue weighted by atomic mass is 19.1. The second-order valence-electron chi connectivity index (χ2n) is 5.36. The van der Waals surface area contributed by atoms with Crippen LogP contribution < -0.4 is 0 Å². The lowest BCUT2D eigenvalue weighted by Crippen LogP contribution is -2.32. The van der Waals surface area contributed by atoms with Crippen LogP contribution in [0.2, 0.25) is 0 Å². The number of nitrogens with zero attached hydrogens (tertiary/aromatic N) is 2. The summed E-state index contributed by atoms with van der Waals surface area (Å²) in [5.74, 6) is 0.427. The molecular formula is C15H19FN2. The Labute approximate surface area is 108 Å². The normalized spacial score (nSPS) is 15.1. The van der Waals surface area contributed by atoms with Crippen LogP contribution in [-0.2, 0) is 6.54 Å². The standard InChI is InChI=1S/C15H19FN2/c1-11(2)18(9-12-6-7-12)10-14-5-3-4-13(8-17)15(14)16/h3-5,11-12H,6-7,9-10H2,1-2H3. The van der Waals surface area contributed by atoms with E-state index in [0.717, 1.165) is 12.5 Å². The quantitative estimate of drug-likeness (QED) is 0.797. The predicted molar refractivity (Wildman–Crippen MR) is 69.4 cm³/mol. The van der Waals surface area contributed by atoms with Gasteiger partial charge in [-0.05, 0) is 38.7 Å². The molecule has 18 heavy (non-hydrogen) atoms. The fourth-order valence-corrected chi connectivity index (χ4v) is 2.10. The third-order valence-corrected chi connectivity index (χ3v) is 3.49. The van der Waals surface area contributed by atoms with Crippen LogP contribution >= 0.6 is 0 Å². The lowest BCUT2D eigenvalue weighted by atomic mass is 10.1. The molecule has 1 fully saturated rings. The number of hydrogen-bond donors (Lipinski definition) is 0. The minimum absolute atomic E-state index is 0.141. The van der Waals surface area contributed by atoms with Crippen molar-refractivity contribution in [3.05, 3.63) is 35.1 Å². The van der Waals surface area contributed by atoms with Crippen LogP contribution in [0, 0.1) is 23.1 Å². The van der Waals surface area contributed by atoms with Gasteiger partial charge in [0.25, 0.3) is 0 Å². The molecule has 0 spiro atoms. The molecule has 0 radical (unpaired) electrons. The first kappa shape index (κ1) is 13.0. The SMILES string of the molecule is CC(C)N(Cc1cccc(C#N)c1F)CC1CC1. The summed E-state index contributed by atoms with van der Waals surface area (Å²) in [5, 5.41) is 8.84. The number of nitriles is 1. The maximum Gasteiger partial charge on any atom is 0.145 e. The third-order valence-electron chi connectivity index (χ3n) is 3.49. The van der Waals surface area contributed by atoms with Gasteiger partial charge in [0.15, 0.2) is 0 Å². The Hall–Kier alpha value is -1.40. The van der Waals surface area contributed by atoms with E-state index in [1.165, 1.54) is 18.9 Å². The van der Waals surface area contributed by atoms with Gasteiger partial charge in [-0.1, -0.05) is 12.1 Å². The van der Waals surface area contributed by atoms with Crippen molar-refractivity contribution in [2.45, 2.75) is 39.3 Å². The van der Waals surface area contributed by atoms with E-state index in [1.807, 2.05) is 6.07 Å². The van der Waals surface area contributed by atoms with Crippen molar-refractivity contribution in [2.24, 2.45) is 5.92 Å². The van der Waals surface area contributed by atoms with E-state index >= 15 is 0 Å². The molecule has 1 aliphatic rings. The fraction of sp³-hybridized carbons (Fsp3) is 0.533. The summed E-state index contributed by atoms with van der Waals surface area (Å²) < 4.78 is 14.0. The highest BCUT2D eigenvalue weighted by Gasteiger charge is 2.26. The predicted octanol–water partition coefficient (Wildman–Crippen LogP) is 3.32. The van der Waals surface area contributed by atoms with Gasteiger partial charge in [0.2, 0.25) is 0 Å². The van der Waals surface area contributed by atoms with Gasteiger partial charge >= 0.3 is 0 Å². The monoisotopic (exact) mass is 246 g/mol. The van der Waals surface area contributed by atoms with Crippen molar-refractivity contribution >= 4 is 0 Å². The largest absolute Gasteiger partial charge is 0.296 e. The molecule has 1 aliphatic carbocycles. The summed E-state index contributed by atoms with van der Waals surface area (Å²) in [5.41, 5.74) is 0.769. The Balaban J connectivity index is 2.13. The van der Waals surface area contributed by atoms with E-state index in [1.54, 1.807) is 12.1 Å². The smallest absolute Gasteiger partial charge is 0.145 e. The zero-order valence-electron chi connectivity index (χ0n) is 11.0. The zero-order chi connectivity index (χ0) is 13.1. The number of benzene rings is 1. The van der Waals surface area contributed by atoms with Gasteiger partial charge in [-0.25, -0.2) is 4.39 Å². The van der Waals surface area contributed by atoms with Crippen LogP contribution in [-0.4, -0.2) is 17.5 Å². The molecule has 2 nitrogen and oxygen atoms in total. The Morgan fingerprint density at radius 1 is 1.44 bits per heavy atom. The van der Waals surface area contributed by atoms with Gasteiger partial charge in [0, 0.05) is 24.7 Å². The van der Waals surface area contributed by atoms with Crippen molar-refractivity contribution in [1.29, 1.82) is 5.26 Å². The molecule has 0 amide bonds. The molecule has 0 atom stereocenters. The number of halogens is 1. The van der Waals surface area contributed by atoms with Gasteiger partial charge in [-0.3, -0.25) is 4.90 Å². The Bertz CT molecular complexity index is 458. The van der Waals surface area contributed by atoms with E-state index in [4.69, 9.17) is 5.26 Å². The van der Waals surface area contributed by atoms with Crippen LogP contribution in [0.4, 0.5) is 4.39 Å². The van der Waals surface area contributed by atoms with Crippen LogP contribution in [0.3, 0.4) is 0 Å². The first-order valence-electron chi connectivity index (χ1n) is 6.53. The van der Waals surface area contributed by atoms with E-state index in [9.17, 15) is 4.39 Å². The first-order valence-corrected chi connectivity index (χ1v) is 6.53. The van der Waals surface area contributed by atoms with Crippen LogP contribution in [0.5, 0.6) is 0 Å². The second-order valence-corrected chi connectivity index (χ2v) is 5.36. The van der Waals surface area contributed by atoms with E-state index in [0.29, 0.717) is 18.2 Å². The lowest BCUT2D eigenvalue weighted by Gasteiger charge is -2.26. The average Bonchev–Trinajstić information content (AvgIpc) is 3.14. The van der Waals surface area contributed by atoms with Crippen LogP contribution in [0.25, 0.3) is 0 Å². The third kappa shape index (κ3) is 3.08. The summed E-state index contributed by atoms with van der Waals surface area (Å²) in [7, 11) is 0. The molecule has 1 saturated carbocycles. The summed E-state index contributed by atoms with van der Waals surface area (Å²) in [6, 6.07) is 7.36. The Morgan fingerprint density at radius 3 is 2.72 bits per heavy atom. The summed E-state index contributed by atoms with van der Waals surface area (Å²) in [6.07, 6.45) is 2.59. The molecule has 0 aliphatic heterocycles. The summed E-state index contributed by atoms with van der Waals surface area (Å²) >= 11 is 0. The van der Waals surface area contributed by atoms with Crippen LogP contribution in [0.15, 0.2) is 18.2 Å². The minimum atomic E-state index is -0.360. The van der Waals surface area contributed by atoms with Crippen molar-refractivity contribution in [2.75, 3.05) is 6.54 Å². The van der Waals surface area contributed by atoms with Gasteiger partial charge < -0.3 is 0 Å². The lowest BCUT2D eigenvalue weighted by molar-refractivity contribution is 0.201. The molecule has 3 heteroatoms. The molecule has 96 valence electrons. The molecule has 1 aromatic rings. The van der Waals surface area contributed by atoms with Gasteiger partial charge in [-0.2, -0.15) is 5.26 Å². The molecule has 0 unspecified atom stereocenters. The molecule has 0 saturated heterocycles. The van der Waals surface area contributed by atoms with Crippen LogP contribution in [0.1, 0.15) is 37.8 Å². The Morgan fingerprint density at radius 2 is 2.17 bits per heavy atom. The van der Waals surface area contributed by atoms with E-state index < -0.39 is 0 Å². The van der Waals surface area contributed by atoms with Gasteiger partial charge in [0.1, 0.15) is 11.9 Å². The molecule has 2 rings (SSSR count). The van der Waals surface area contributed by atoms with Crippen molar-refractivity contribution in [3.8, 4) is 6.07 Å². The Kier molecular flexibility index (Phi) is 3.98. The fourth-order valence-electron chi connectivity index (χ4n) is 2.10. The second kappa shape index (κ2) is 5.49. The highest BCUT2D eigenvalue weighted by molar-refractivity contribution is 5.34. The van der Waals surface area contributed by atoms with Gasteiger partial charge in [0.05, 0.1) is 5.56 Å². The van der Waals surface area contributed by atoms with Crippen molar-refractivity contribution < 1.29 is 4.39 Å². The molecule has 0 bridgehead atoms. The first-order chi connectivity index (χ1) is 8.61. The minimum Gasteiger partial charge on any atom is -0.296 e. The maximum absolute atomic E-state index is 14.0. The molecule has 0 N–H and O–H groups in total. The highest BCUT2D eigenvalue weighted by Crippen LogP contribution is 2.31.